The fourth-order valence-electron chi connectivity index (χ4n) is 4.92. The quantitative estimate of drug-likeness (QED) is 0.401. The van der Waals surface area contributed by atoms with Crippen LogP contribution in [-0.2, 0) is 28.7 Å². The fraction of sp³-hybridized carbons (Fsp3) is 0.407. The van der Waals surface area contributed by atoms with E-state index in [4.69, 9.17) is 9.47 Å². The molecule has 198 valence electrons. The number of rotatable bonds is 5. The monoisotopic (exact) mass is 545 g/mol. The Labute approximate surface area is 225 Å². The van der Waals surface area contributed by atoms with E-state index < -0.39 is 27.5 Å². The molecule has 2 heterocycles. The average Bonchev–Trinajstić information content (AvgIpc) is 3.15. The van der Waals surface area contributed by atoms with E-state index in [-0.39, 0.29) is 22.0 Å². The van der Waals surface area contributed by atoms with Crippen LogP contribution >= 0.6 is 23.5 Å². The van der Waals surface area contributed by atoms with E-state index in [1.54, 1.807) is 11.8 Å². The van der Waals surface area contributed by atoms with Gasteiger partial charge in [-0.05, 0) is 64.8 Å². The number of carbonyl (C=O) groups excluding carboxylic acids is 3. The van der Waals surface area contributed by atoms with E-state index in [0.29, 0.717) is 21.7 Å². The first-order valence-corrected chi connectivity index (χ1v) is 13.1. The number of anilines is 1. The second-order valence-electron chi connectivity index (χ2n) is 9.43. The summed E-state index contributed by atoms with van der Waals surface area (Å²) in [4.78, 5) is 53.8. The number of nitrogens with zero attached hydrogens (tertiary/aromatic N) is 1. The highest BCUT2D eigenvalue weighted by atomic mass is 32.2. The number of amides is 1. The minimum Gasteiger partial charge on any atom is -0.478 e. The van der Waals surface area contributed by atoms with Gasteiger partial charge < -0.3 is 19.5 Å². The maximum atomic E-state index is 13.0. The first kappa shape index (κ1) is 28.6. The molecule has 0 radical (unpaired) electrons. The van der Waals surface area contributed by atoms with Gasteiger partial charge in [-0.1, -0.05) is 23.4 Å². The first-order valence-electron chi connectivity index (χ1n) is 11.5. The Morgan fingerprint density at radius 3 is 2.11 bits per heavy atom. The van der Waals surface area contributed by atoms with Crippen LogP contribution in [0.3, 0.4) is 0 Å². The lowest BCUT2D eigenvalue weighted by molar-refractivity contribution is -0.138. The van der Waals surface area contributed by atoms with Gasteiger partial charge in [0.25, 0.3) is 0 Å². The van der Waals surface area contributed by atoms with Gasteiger partial charge in [0.1, 0.15) is 8.98 Å². The predicted molar refractivity (Wildman–Crippen MR) is 146 cm³/mol. The van der Waals surface area contributed by atoms with Crippen LogP contribution in [0.1, 0.15) is 52.7 Å². The third-order valence-corrected chi connectivity index (χ3v) is 10.0. The predicted octanol–water partition coefficient (Wildman–Crippen LogP) is 5.07. The Morgan fingerprint density at radius 1 is 0.973 bits per heavy atom. The van der Waals surface area contributed by atoms with Crippen molar-refractivity contribution in [2.24, 2.45) is 0 Å². The summed E-state index contributed by atoms with van der Waals surface area (Å²) >= 11 is 2.22. The zero-order valence-corrected chi connectivity index (χ0v) is 24.0. The smallest absolute Gasteiger partial charge is 0.345 e. The zero-order valence-electron chi connectivity index (χ0n) is 22.4. The highest BCUT2D eigenvalue weighted by molar-refractivity contribution is 8.26. The van der Waals surface area contributed by atoms with Gasteiger partial charge in [0.2, 0.25) is 5.91 Å². The van der Waals surface area contributed by atoms with Gasteiger partial charge in [-0.2, -0.15) is 0 Å². The molecule has 8 nitrogen and oxygen atoms in total. The lowest BCUT2D eigenvalue weighted by Gasteiger charge is -2.48. The van der Waals surface area contributed by atoms with Crippen molar-refractivity contribution in [2.75, 3.05) is 19.1 Å². The number of benzene rings is 1. The SMILES string of the molecule is COC(=O)C1=C(C)SC(C2=C(C)C(C)(C)N(C(C)=O)c3ccc(C)cc32)(/C(C(=O)O)=C(\C)C(=O)OC)S1. The van der Waals surface area contributed by atoms with E-state index in [1.165, 1.54) is 39.8 Å². The van der Waals surface area contributed by atoms with Gasteiger partial charge in [0, 0.05) is 23.0 Å². The molecule has 0 saturated heterocycles. The molecule has 2 aliphatic heterocycles. The first-order chi connectivity index (χ1) is 17.1. The number of carboxylic acids is 1. The van der Waals surface area contributed by atoms with Gasteiger partial charge in [0.05, 0.1) is 31.0 Å². The molecule has 1 amide bonds. The minimum atomic E-state index is -1.45. The number of ether oxygens (including phenoxy) is 2. The van der Waals surface area contributed by atoms with Gasteiger partial charge in [0.15, 0.2) is 0 Å². The molecule has 37 heavy (non-hydrogen) atoms. The summed E-state index contributed by atoms with van der Waals surface area (Å²) in [6, 6.07) is 5.64. The number of aryl methyl sites for hydroxylation is 1. The van der Waals surface area contributed by atoms with Crippen molar-refractivity contribution in [2.45, 2.75) is 58.1 Å². The summed E-state index contributed by atoms with van der Waals surface area (Å²) in [5.41, 5.74) is 2.38. The summed E-state index contributed by atoms with van der Waals surface area (Å²) in [5.74, 6) is -2.87. The van der Waals surface area contributed by atoms with Crippen LogP contribution in [0.5, 0.6) is 0 Å². The van der Waals surface area contributed by atoms with E-state index >= 15 is 0 Å². The van der Waals surface area contributed by atoms with Crippen molar-refractivity contribution >= 4 is 58.6 Å². The number of thioether (sulfide) groups is 2. The van der Waals surface area contributed by atoms with E-state index in [0.717, 1.165) is 22.9 Å². The minimum absolute atomic E-state index is 0.0878. The number of carboxylic acid groups (broad SMARTS) is 1. The van der Waals surface area contributed by atoms with Crippen LogP contribution in [0.4, 0.5) is 5.69 Å². The van der Waals surface area contributed by atoms with Crippen molar-refractivity contribution in [3.63, 3.8) is 0 Å². The molecular formula is C27H31NO7S2. The Kier molecular flexibility index (Phi) is 7.77. The normalized spacial score (nSPS) is 21.4. The number of allylic oxidation sites excluding steroid dienone is 1. The molecule has 0 aromatic heterocycles. The number of hydrogen-bond donors (Lipinski definition) is 1. The number of esters is 2. The number of aliphatic carboxylic acids is 1. The fourth-order valence-corrected chi connectivity index (χ4v) is 8.58. The molecule has 0 spiro atoms. The summed E-state index contributed by atoms with van der Waals surface area (Å²) < 4.78 is 8.46. The average molecular weight is 546 g/mol. The van der Waals surface area contributed by atoms with Crippen molar-refractivity contribution in [3.05, 3.63) is 55.9 Å². The summed E-state index contributed by atoms with van der Waals surface area (Å²) in [7, 11) is 2.45. The number of hydrogen-bond acceptors (Lipinski definition) is 8. The largest absolute Gasteiger partial charge is 0.478 e. The second-order valence-corrected chi connectivity index (χ2v) is 12.3. The van der Waals surface area contributed by atoms with Crippen molar-refractivity contribution < 1.29 is 33.8 Å². The number of fused-ring (bicyclic) bond motifs is 1. The molecule has 1 atom stereocenters. The molecule has 3 rings (SSSR count). The van der Waals surface area contributed by atoms with Gasteiger partial charge >= 0.3 is 17.9 Å². The van der Waals surface area contributed by atoms with E-state index in [1.807, 2.05) is 45.9 Å². The van der Waals surface area contributed by atoms with Crippen LogP contribution in [0.15, 0.2) is 44.7 Å². The Balaban J connectivity index is 2.55. The van der Waals surface area contributed by atoms with Crippen LogP contribution in [0.2, 0.25) is 0 Å². The summed E-state index contributed by atoms with van der Waals surface area (Å²) in [5, 5.41) is 10.6. The molecule has 1 unspecified atom stereocenters. The summed E-state index contributed by atoms with van der Waals surface area (Å²) in [6.45, 7) is 12.2. The van der Waals surface area contributed by atoms with Gasteiger partial charge in [-0.25, -0.2) is 14.4 Å². The molecule has 0 saturated carbocycles. The lowest BCUT2D eigenvalue weighted by Crippen LogP contribution is -2.52. The molecule has 1 aromatic rings. The molecular weight excluding hydrogens is 514 g/mol. The molecule has 1 N–H and O–H groups in total. The van der Waals surface area contributed by atoms with Crippen LogP contribution in [0, 0.1) is 6.92 Å². The zero-order chi connectivity index (χ0) is 28.0. The van der Waals surface area contributed by atoms with Gasteiger partial charge in [-0.3, -0.25) is 4.79 Å². The Morgan fingerprint density at radius 2 is 1.59 bits per heavy atom. The van der Waals surface area contributed by atoms with E-state index in [9.17, 15) is 24.3 Å². The maximum Gasteiger partial charge on any atom is 0.345 e. The van der Waals surface area contributed by atoms with Crippen molar-refractivity contribution in [1.29, 1.82) is 0 Å². The third kappa shape index (κ3) is 4.50. The van der Waals surface area contributed by atoms with Crippen LogP contribution in [-0.4, -0.2) is 52.8 Å². The molecule has 1 aromatic carbocycles. The number of carbonyl (C=O) groups is 4. The maximum absolute atomic E-state index is 13.0. The molecule has 0 fully saturated rings. The highest BCUT2D eigenvalue weighted by Gasteiger charge is 2.56. The van der Waals surface area contributed by atoms with Crippen molar-refractivity contribution in [1.82, 2.24) is 0 Å². The third-order valence-electron chi connectivity index (χ3n) is 6.80. The van der Waals surface area contributed by atoms with Crippen LogP contribution in [0.25, 0.3) is 5.57 Å². The number of methoxy groups -OCH3 is 2. The van der Waals surface area contributed by atoms with E-state index in [2.05, 4.69) is 0 Å². The topological polar surface area (TPSA) is 110 Å². The molecule has 0 bridgehead atoms. The van der Waals surface area contributed by atoms with Crippen LogP contribution < -0.4 is 4.90 Å². The Hall–Kier alpha value is -2.98. The standard InChI is InChI=1S/C27H31NO7S2/c1-13-10-11-19-18(12-13)21(15(3)26(6,7)28(19)17(5)29)27(20(23(30)31)14(2)24(32)34-8)36-16(4)22(37-27)25(33)35-9/h10-12H,1-9H3,(H,30,31)/b20-14+. The molecule has 0 aliphatic carbocycles. The Bertz CT molecular complexity index is 1320. The van der Waals surface area contributed by atoms with Crippen molar-refractivity contribution in [3.8, 4) is 0 Å². The summed E-state index contributed by atoms with van der Waals surface area (Å²) in [6.07, 6.45) is 0. The van der Waals surface area contributed by atoms with Gasteiger partial charge in [-0.15, -0.1) is 11.8 Å². The second kappa shape index (κ2) is 10.1. The lowest BCUT2D eigenvalue weighted by atomic mass is 9.77. The molecule has 2 aliphatic rings. The highest BCUT2D eigenvalue weighted by Crippen LogP contribution is 2.67. The molecule has 10 heteroatoms.